The molecular weight excluding hydrogens is 501 g/mol. The maximum Gasteiger partial charge on any atom is 0.423 e. The van der Waals surface area contributed by atoms with Gasteiger partial charge in [-0.15, -0.1) is 0 Å². The van der Waals surface area contributed by atoms with Gasteiger partial charge in [0.05, 0.1) is 11.0 Å². The Morgan fingerprint density at radius 3 is 2.26 bits per heavy atom. The van der Waals surface area contributed by atoms with Crippen LogP contribution >= 0.6 is 0 Å². The first-order chi connectivity index (χ1) is 18.0. The SMILES string of the molecule is Cc1c(N[C@H]2CC[C@H](OCC(=O)N3CCN(c4ccccc4)CC3)CC2)cc(C(F)(F)F)c([N+](=O)[O-])c1C. The van der Waals surface area contributed by atoms with E-state index in [-0.39, 0.29) is 35.9 Å². The van der Waals surface area contributed by atoms with E-state index in [4.69, 9.17) is 4.74 Å². The predicted octanol–water partition coefficient (Wildman–Crippen LogP) is 5.32. The molecule has 4 rings (SSSR count). The fourth-order valence-corrected chi connectivity index (χ4v) is 5.23. The number of piperazine rings is 1. The van der Waals surface area contributed by atoms with E-state index in [1.807, 2.05) is 23.1 Å². The lowest BCUT2D eigenvalue weighted by molar-refractivity contribution is -0.388. The molecule has 0 aromatic heterocycles. The summed E-state index contributed by atoms with van der Waals surface area (Å²) in [4.78, 5) is 27.1. The van der Waals surface area contributed by atoms with E-state index < -0.39 is 22.4 Å². The molecule has 1 aliphatic carbocycles. The number of anilines is 2. The summed E-state index contributed by atoms with van der Waals surface area (Å²) in [6, 6.07) is 10.9. The molecule has 1 heterocycles. The third kappa shape index (κ3) is 6.38. The van der Waals surface area contributed by atoms with Crippen molar-refractivity contribution in [3.8, 4) is 0 Å². The summed E-state index contributed by atoms with van der Waals surface area (Å²) in [5, 5.41) is 14.5. The first kappa shape index (κ1) is 27.7. The van der Waals surface area contributed by atoms with Crippen molar-refractivity contribution in [1.29, 1.82) is 0 Å². The molecule has 2 aliphatic rings. The Bertz CT molecular complexity index is 1140. The molecule has 0 spiro atoms. The lowest BCUT2D eigenvalue weighted by Crippen LogP contribution is -2.50. The predicted molar refractivity (Wildman–Crippen MR) is 138 cm³/mol. The third-order valence-electron chi connectivity index (χ3n) is 7.58. The normalized spacial score (nSPS) is 20.3. The Balaban J connectivity index is 1.26. The van der Waals surface area contributed by atoms with Gasteiger partial charge >= 0.3 is 6.18 Å². The first-order valence-electron chi connectivity index (χ1n) is 12.9. The van der Waals surface area contributed by atoms with Crippen molar-refractivity contribution >= 4 is 23.0 Å². The number of benzene rings is 2. The fraction of sp³-hybridized carbons (Fsp3) is 0.519. The molecule has 1 N–H and O–H groups in total. The van der Waals surface area contributed by atoms with Crippen LogP contribution < -0.4 is 10.2 Å². The van der Waals surface area contributed by atoms with Gasteiger partial charge in [0.2, 0.25) is 5.91 Å². The number of carbonyl (C=O) groups is 1. The number of nitrogens with zero attached hydrogens (tertiary/aromatic N) is 3. The van der Waals surface area contributed by atoms with Crippen molar-refractivity contribution in [2.45, 2.75) is 57.9 Å². The van der Waals surface area contributed by atoms with E-state index in [9.17, 15) is 28.1 Å². The molecular formula is C27H33F3N4O4. The van der Waals surface area contributed by atoms with Crippen molar-refractivity contribution in [1.82, 2.24) is 4.90 Å². The van der Waals surface area contributed by atoms with Crippen LogP contribution in [0.4, 0.5) is 30.2 Å². The molecule has 2 fully saturated rings. The van der Waals surface area contributed by atoms with Crippen molar-refractivity contribution in [3.05, 3.63) is 63.2 Å². The lowest BCUT2D eigenvalue weighted by atomic mass is 9.92. The Labute approximate surface area is 219 Å². The van der Waals surface area contributed by atoms with E-state index in [0.717, 1.165) is 24.8 Å². The first-order valence-corrected chi connectivity index (χ1v) is 12.9. The fourth-order valence-electron chi connectivity index (χ4n) is 5.23. The highest BCUT2D eigenvalue weighted by atomic mass is 19.4. The summed E-state index contributed by atoms with van der Waals surface area (Å²) in [6.45, 7) is 5.77. The highest BCUT2D eigenvalue weighted by molar-refractivity contribution is 5.77. The summed E-state index contributed by atoms with van der Waals surface area (Å²) < 4.78 is 46.5. The minimum Gasteiger partial charge on any atom is -0.382 e. The van der Waals surface area contributed by atoms with E-state index in [1.165, 1.54) is 6.92 Å². The highest BCUT2D eigenvalue weighted by Crippen LogP contribution is 2.42. The quantitative estimate of drug-likeness (QED) is 0.382. The third-order valence-corrected chi connectivity index (χ3v) is 7.58. The van der Waals surface area contributed by atoms with Crippen LogP contribution in [0.3, 0.4) is 0 Å². The number of amides is 1. The highest BCUT2D eigenvalue weighted by Gasteiger charge is 2.40. The maximum absolute atomic E-state index is 13.5. The average molecular weight is 535 g/mol. The maximum atomic E-state index is 13.5. The van der Waals surface area contributed by atoms with E-state index in [0.29, 0.717) is 44.3 Å². The molecule has 38 heavy (non-hydrogen) atoms. The number of nitro benzene ring substituents is 1. The monoisotopic (exact) mass is 534 g/mol. The molecule has 8 nitrogen and oxygen atoms in total. The molecule has 0 bridgehead atoms. The molecule has 1 aliphatic heterocycles. The Hall–Kier alpha value is -3.34. The summed E-state index contributed by atoms with van der Waals surface area (Å²) >= 11 is 0. The second-order valence-corrected chi connectivity index (χ2v) is 9.96. The Morgan fingerprint density at radius 2 is 1.68 bits per heavy atom. The topological polar surface area (TPSA) is 88.0 Å². The second-order valence-electron chi connectivity index (χ2n) is 9.96. The van der Waals surface area contributed by atoms with Crippen molar-refractivity contribution in [2.75, 3.05) is 43.0 Å². The molecule has 11 heteroatoms. The Kier molecular flexibility index (Phi) is 8.44. The van der Waals surface area contributed by atoms with E-state index in [1.54, 1.807) is 6.92 Å². The lowest BCUT2D eigenvalue weighted by Gasteiger charge is -2.36. The van der Waals surface area contributed by atoms with Gasteiger partial charge in [0, 0.05) is 49.2 Å². The number of nitrogens with one attached hydrogen (secondary N) is 1. The Morgan fingerprint density at radius 1 is 1.05 bits per heavy atom. The van der Waals surface area contributed by atoms with Gasteiger partial charge in [0.1, 0.15) is 12.2 Å². The van der Waals surface area contributed by atoms with Gasteiger partial charge < -0.3 is 19.9 Å². The second kappa shape index (κ2) is 11.6. The zero-order chi connectivity index (χ0) is 27.4. The largest absolute Gasteiger partial charge is 0.423 e. The average Bonchev–Trinajstić information content (AvgIpc) is 2.90. The molecule has 0 atom stereocenters. The van der Waals surface area contributed by atoms with Crippen LogP contribution in [-0.4, -0.2) is 60.7 Å². The number of ether oxygens (including phenoxy) is 1. The van der Waals surface area contributed by atoms with Crippen molar-refractivity contribution in [2.24, 2.45) is 0 Å². The summed E-state index contributed by atoms with van der Waals surface area (Å²) in [5.41, 5.74) is -0.296. The minimum absolute atomic E-state index is 0.00691. The smallest absolute Gasteiger partial charge is 0.382 e. The number of nitro groups is 1. The molecule has 1 saturated carbocycles. The summed E-state index contributed by atoms with van der Waals surface area (Å²) in [5.74, 6) is -0.0328. The molecule has 206 valence electrons. The number of carbonyl (C=O) groups excluding carboxylic acids is 1. The minimum atomic E-state index is -4.83. The number of rotatable bonds is 7. The van der Waals surface area contributed by atoms with Crippen LogP contribution in [0.1, 0.15) is 42.4 Å². The van der Waals surface area contributed by atoms with Gasteiger partial charge in [-0.3, -0.25) is 14.9 Å². The van der Waals surface area contributed by atoms with Crippen molar-refractivity contribution in [3.63, 3.8) is 0 Å². The molecule has 0 radical (unpaired) electrons. The molecule has 0 unspecified atom stereocenters. The number of alkyl halides is 3. The van der Waals surface area contributed by atoms with Gasteiger partial charge in [-0.2, -0.15) is 13.2 Å². The van der Waals surface area contributed by atoms with Gasteiger partial charge in [0.15, 0.2) is 0 Å². The summed E-state index contributed by atoms with van der Waals surface area (Å²) in [6.07, 6.45) is -2.26. The van der Waals surface area contributed by atoms with Crippen molar-refractivity contribution < 1.29 is 27.6 Å². The zero-order valence-electron chi connectivity index (χ0n) is 21.6. The summed E-state index contributed by atoms with van der Waals surface area (Å²) in [7, 11) is 0. The van der Waals surface area contributed by atoms with E-state index in [2.05, 4.69) is 22.3 Å². The van der Waals surface area contributed by atoms with E-state index >= 15 is 0 Å². The molecule has 2 aromatic carbocycles. The van der Waals surface area contributed by atoms with Crippen LogP contribution in [-0.2, 0) is 15.7 Å². The standard InChI is InChI=1S/C27H33F3N4O4/c1-18-19(2)26(34(36)37)23(27(28,29)30)16-24(18)31-20-8-10-22(11-9-20)38-17-25(35)33-14-12-32(13-15-33)21-6-4-3-5-7-21/h3-7,16,20,22,31H,8-15,17H2,1-2H3/t20-,22-. The van der Waals surface area contributed by atoms with Gasteiger partial charge in [0.25, 0.3) is 5.69 Å². The van der Waals surface area contributed by atoms with Gasteiger partial charge in [-0.25, -0.2) is 0 Å². The number of halogens is 3. The molecule has 1 amide bonds. The van der Waals surface area contributed by atoms with Crippen LogP contribution in [0, 0.1) is 24.0 Å². The van der Waals surface area contributed by atoms with Gasteiger partial charge in [-0.05, 0) is 63.3 Å². The number of hydrogen-bond donors (Lipinski definition) is 1. The van der Waals surface area contributed by atoms with Crippen LogP contribution in [0.25, 0.3) is 0 Å². The number of para-hydroxylation sites is 1. The van der Waals surface area contributed by atoms with Crippen LogP contribution in [0.15, 0.2) is 36.4 Å². The number of hydrogen-bond acceptors (Lipinski definition) is 6. The molecule has 2 aromatic rings. The van der Waals surface area contributed by atoms with Crippen LogP contribution in [0.2, 0.25) is 0 Å². The van der Waals surface area contributed by atoms with Crippen LogP contribution in [0.5, 0.6) is 0 Å². The zero-order valence-corrected chi connectivity index (χ0v) is 21.6. The molecule has 1 saturated heterocycles. The van der Waals surface area contributed by atoms with Gasteiger partial charge in [-0.1, -0.05) is 18.2 Å².